The van der Waals surface area contributed by atoms with Crippen molar-refractivity contribution in [1.82, 2.24) is 0 Å². The van der Waals surface area contributed by atoms with Crippen molar-refractivity contribution in [1.29, 1.82) is 0 Å². The zero-order valence-corrected chi connectivity index (χ0v) is 15.2. The second kappa shape index (κ2) is 7.01. The Balaban J connectivity index is 2.69. The molecular weight excluding hydrogens is 373 g/mol. The van der Waals surface area contributed by atoms with E-state index in [0.29, 0.717) is 0 Å². The van der Waals surface area contributed by atoms with Gasteiger partial charge < -0.3 is 5.11 Å². The second-order valence-electron chi connectivity index (χ2n) is 5.20. The van der Waals surface area contributed by atoms with Crippen molar-refractivity contribution in [3.05, 3.63) is 58.1 Å². The van der Waals surface area contributed by atoms with Crippen LogP contribution in [0.5, 0.6) is 0 Å². The number of benzene rings is 2. The summed E-state index contributed by atoms with van der Waals surface area (Å²) in [5, 5.41) is 9.46. The molecule has 0 saturated carbocycles. The fourth-order valence-electron chi connectivity index (χ4n) is 2.13. The number of carbonyl (C=O) groups is 1. The van der Waals surface area contributed by atoms with Gasteiger partial charge in [0.2, 0.25) is 0 Å². The predicted molar refractivity (Wildman–Crippen MR) is 94.4 cm³/mol. The molecule has 0 aliphatic carbocycles. The normalized spacial score (nSPS) is 12.7. The highest BCUT2D eigenvalue weighted by Gasteiger charge is 2.34. The van der Waals surface area contributed by atoms with Crippen LogP contribution in [0.2, 0.25) is 10.0 Å². The third-order valence-electron chi connectivity index (χ3n) is 3.46. The molecule has 0 heterocycles. The van der Waals surface area contributed by atoms with Crippen LogP contribution in [0.3, 0.4) is 0 Å². The summed E-state index contributed by atoms with van der Waals surface area (Å²) >= 11 is 12.1. The van der Waals surface area contributed by atoms with Gasteiger partial charge in [-0.25, -0.2) is 13.2 Å². The third-order valence-corrected chi connectivity index (χ3v) is 6.16. The van der Waals surface area contributed by atoms with Gasteiger partial charge in [0.25, 0.3) is 10.0 Å². The highest BCUT2D eigenvalue weighted by atomic mass is 35.5. The summed E-state index contributed by atoms with van der Waals surface area (Å²) in [6, 6.07) is 9.17. The van der Waals surface area contributed by atoms with Crippen LogP contribution in [0.4, 0.5) is 5.69 Å². The number of aliphatic carboxylic acids is 1. The highest BCUT2D eigenvalue weighted by Crippen LogP contribution is 2.36. The van der Waals surface area contributed by atoms with E-state index >= 15 is 0 Å². The van der Waals surface area contributed by atoms with Crippen molar-refractivity contribution in [2.24, 2.45) is 0 Å². The van der Waals surface area contributed by atoms with Crippen LogP contribution in [-0.4, -0.2) is 25.5 Å². The Hall–Kier alpha value is -1.76. The fraction of sp³-hybridized carbons (Fsp3) is 0.188. The van der Waals surface area contributed by atoms with Crippen LogP contribution in [-0.2, 0) is 14.8 Å². The first-order valence-corrected chi connectivity index (χ1v) is 9.13. The van der Waals surface area contributed by atoms with Gasteiger partial charge in [0.1, 0.15) is 6.04 Å². The summed E-state index contributed by atoms with van der Waals surface area (Å²) in [5.41, 5.74) is 0.896. The first-order chi connectivity index (χ1) is 11.2. The number of nitrogens with zero attached hydrogens (tertiary/aromatic N) is 1. The number of carboxylic acids is 1. The third kappa shape index (κ3) is 3.50. The molecule has 24 heavy (non-hydrogen) atoms. The summed E-state index contributed by atoms with van der Waals surface area (Å²) < 4.78 is 26.8. The molecule has 0 aliphatic rings. The molecule has 0 aliphatic heterocycles. The highest BCUT2D eigenvalue weighted by molar-refractivity contribution is 7.93. The van der Waals surface area contributed by atoms with Crippen LogP contribution in [0, 0.1) is 6.92 Å². The molecule has 0 saturated heterocycles. The molecule has 0 bridgehead atoms. The van der Waals surface area contributed by atoms with E-state index in [9.17, 15) is 18.3 Å². The van der Waals surface area contributed by atoms with Gasteiger partial charge in [-0.3, -0.25) is 4.31 Å². The van der Waals surface area contributed by atoms with Crippen molar-refractivity contribution < 1.29 is 18.3 Å². The van der Waals surface area contributed by atoms with Crippen molar-refractivity contribution >= 4 is 44.9 Å². The molecule has 0 spiro atoms. The van der Waals surface area contributed by atoms with E-state index in [0.717, 1.165) is 9.87 Å². The van der Waals surface area contributed by atoms with Crippen LogP contribution in [0.1, 0.15) is 12.5 Å². The Bertz CT molecular complexity index is 866. The summed E-state index contributed by atoms with van der Waals surface area (Å²) in [6.07, 6.45) is 0. The maximum Gasteiger partial charge on any atom is 0.327 e. The number of rotatable bonds is 5. The molecule has 5 nitrogen and oxygen atoms in total. The number of sulfonamides is 1. The van der Waals surface area contributed by atoms with Crippen LogP contribution >= 0.6 is 23.2 Å². The minimum atomic E-state index is -4.14. The topological polar surface area (TPSA) is 74.7 Å². The number of carboxylic acid groups (broad SMARTS) is 1. The Morgan fingerprint density at radius 1 is 1.12 bits per heavy atom. The van der Waals surface area contributed by atoms with E-state index in [4.69, 9.17) is 23.2 Å². The van der Waals surface area contributed by atoms with Crippen molar-refractivity contribution in [2.45, 2.75) is 24.8 Å². The molecule has 0 aromatic heterocycles. The summed E-state index contributed by atoms with van der Waals surface area (Å²) in [5.74, 6) is -1.30. The van der Waals surface area contributed by atoms with Crippen LogP contribution in [0.15, 0.2) is 47.4 Å². The monoisotopic (exact) mass is 387 g/mol. The largest absolute Gasteiger partial charge is 0.480 e. The van der Waals surface area contributed by atoms with E-state index in [1.807, 2.05) is 6.92 Å². The van der Waals surface area contributed by atoms with E-state index < -0.39 is 22.0 Å². The maximum absolute atomic E-state index is 13.0. The zero-order valence-electron chi connectivity index (χ0n) is 12.9. The lowest BCUT2D eigenvalue weighted by atomic mass is 10.2. The lowest BCUT2D eigenvalue weighted by molar-refractivity contribution is -0.137. The number of hydrogen-bond donors (Lipinski definition) is 1. The number of aryl methyl sites for hydroxylation is 1. The molecular formula is C16H15Cl2NO4S. The van der Waals surface area contributed by atoms with Gasteiger partial charge in [0.15, 0.2) is 0 Å². The molecule has 0 amide bonds. The summed E-state index contributed by atoms with van der Waals surface area (Å²) in [4.78, 5) is 11.4. The molecule has 1 unspecified atom stereocenters. The number of hydrogen-bond acceptors (Lipinski definition) is 3. The van der Waals surface area contributed by atoms with Gasteiger partial charge in [-0.05, 0) is 38.1 Å². The SMILES string of the molecule is Cc1ccc(S(=O)(=O)N(c2cccc(Cl)c2Cl)C(C)C(=O)O)cc1. The van der Waals surface area contributed by atoms with Crippen molar-refractivity contribution in [3.8, 4) is 0 Å². The van der Waals surface area contributed by atoms with Gasteiger partial charge in [-0.2, -0.15) is 0 Å². The van der Waals surface area contributed by atoms with Gasteiger partial charge in [0, 0.05) is 0 Å². The first kappa shape index (κ1) is 18.6. The molecule has 2 rings (SSSR count). The molecule has 1 atom stereocenters. The Labute approximate surface area is 150 Å². The maximum atomic E-state index is 13.0. The average molecular weight is 388 g/mol. The molecule has 8 heteroatoms. The molecule has 128 valence electrons. The number of anilines is 1. The predicted octanol–water partition coefficient (Wildman–Crippen LogP) is 3.97. The van der Waals surface area contributed by atoms with Crippen molar-refractivity contribution in [2.75, 3.05) is 4.31 Å². The van der Waals surface area contributed by atoms with E-state index in [1.54, 1.807) is 12.1 Å². The smallest absolute Gasteiger partial charge is 0.327 e. The van der Waals surface area contributed by atoms with E-state index in [-0.39, 0.29) is 20.6 Å². The van der Waals surface area contributed by atoms with E-state index in [2.05, 4.69) is 0 Å². The van der Waals surface area contributed by atoms with Gasteiger partial charge in [0.05, 0.1) is 20.6 Å². The lowest BCUT2D eigenvalue weighted by Gasteiger charge is -2.29. The lowest BCUT2D eigenvalue weighted by Crippen LogP contribution is -2.43. The Morgan fingerprint density at radius 3 is 2.25 bits per heavy atom. The minimum Gasteiger partial charge on any atom is -0.480 e. The molecule has 1 N–H and O–H groups in total. The average Bonchev–Trinajstić information content (AvgIpc) is 2.51. The standard InChI is InChI=1S/C16H15Cl2NO4S/c1-10-6-8-12(9-7-10)24(22,23)19(11(2)16(20)21)14-5-3-4-13(17)15(14)18/h3-9,11H,1-2H3,(H,20,21). The van der Waals surface area contributed by atoms with Gasteiger partial charge in [-0.1, -0.05) is 47.0 Å². The van der Waals surface area contributed by atoms with Crippen LogP contribution in [0.25, 0.3) is 0 Å². The number of halogens is 2. The zero-order chi connectivity index (χ0) is 18.1. The van der Waals surface area contributed by atoms with E-state index in [1.165, 1.54) is 37.3 Å². The van der Waals surface area contributed by atoms with Gasteiger partial charge in [-0.15, -0.1) is 0 Å². The molecule has 0 fully saturated rings. The van der Waals surface area contributed by atoms with Crippen molar-refractivity contribution in [3.63, 3.8) is 0 Å². The summed E-state index contributed by atoms with van der Waals surface area (Å²) in [7, 11) is -4.14. The molecule has 2 aromatic rings. The minimum absolute atomic E-state index is 0.0136. The summed E-state index contributed by atoms with van der Waals surface area (Å²) in [6.45, 7) is 3.09. The fourth-order valence-corrected chi connectivity index (χ4v) is 4.19. The Kier molecular flexibility index (Phi) is 5.42. The molecule has 2 aromatic carbocycles. The first-order valence-electron chi connectivity index (χ1n) is 6.94. The quantitative estimate of drug-likeness (QED) is 0.841. The van der Waals surface area contributed by atoms with Gasteiger partial charge >= 0.3 is 5.97 Å². The second-order valence-corrected chi connectivity index (χ2v) is 7.80. The van der Waals surface area contributed by atoms with Crippen LogP contribution < -0.4 is 4.31 Å². The Morgan fingerprint density at radius 2 is 1.71 bits per heavy atom. The molecule has 0 radical (unpaired) electrons.